The van der Waals surface area contributed by atoms with E-state index < -0.39 is 5.97 Å². The highest BCUT2D eigenvalue weighted by Crippen LogP contribution is 2.37. The number of methoxy groups -OCH3 is 3. The third kappa shape index (κ3) is 6.07. The Kier molecular flexibility index (Phi) is 9.80. The SMILES string of the molecule is CCCCCCCCC(c1cccc(Cl)c1)C(OC)(OC)OC. The summed E-state index contributed by atoms with van der Waals surface area (Å²) >= 11 is 6.16. The molecule has 0 radical (unpaired) electrons. The molecule has 0 aliphatic rings. The molecular weight excluding hydrogens is 312 g/mol. The summed E-state index contributed by atoms with van der Waals surface area (Å²) in [5, 5.41) is 0.715. The third-order valence-corrected chi connectivity index (χ3v) is 4.61. The van der Waals surface area contributed by atoms with Crippen LogP contribution < -0.4 is 0 Å². The van der Waals surface area contributed by atoms with Gasteiger partial charge in [0, 0.05) is 26.4 Å². The van der Waals surface area contributed by atoms with E-state index in [9.17, 15) is 0 Å². The maximum Gasteiger partial charge on any atom is 0.289 e. The first-order valence-corrected chi connectivity index (χ1v) is 8.92. The second-order valence-electron chi connectivity index (χ2n) is 5.88. The lowest BCUT2D eigenvalue weighted by Crippen LogP contribution is -2.42. The number of hydrogen-bond donors (Lipinski definition) is 0. The van der Waals surface area contributed by atoms with Gasteiger partial charge in [0.25, 0.3) is 5.97 Å². The van der Waals surface area contributed by atoms with E-state index in [1.54, 1.807) is 21.3 Å². The van der Waals surface area contributed by atoms with Crippen molar-refractivity contribution < 1.29 is 14.2 Å². The van der Waals surface area contributed by atoms with Crippen LogP contribution in [0.1, 0.15) is 63.4 Å². The van der Waals surface area contributed by atoms with E-state index in [0.717, 1.165) is 18.4 Å². The molecule has 0 aliphatic heterocycles. The number of unbranched alkanes of at least 4 members (excludes halogenated alkanes) is 5. The van der Waals surface area contributed by atoms with Crippen molar-refractivity contribution in [1.82, 2.24) is 0 Å². The van der Waals surface area contributed by atoms with Crippen molar-refractivity contribution in [2.24, 2.45) is 0 Å². The van der Waals surface area contributed by atoms with Crippen molar-refractivity contribution in [2.45, 2.75) is 63.8 Å². The van der Waals surface area contributed by atoms with E-state index in [2.05, 4.69) is 13.0 Å². The van der Waals surface area contributed by atoms with Gasteiger partial charge in [0.05, 0.1) is 5.92 Å². The molecule has 0 bridgehead atoms. The summed E-state index contributed by atoms with van der Waals surface area (Å²) in [7, 11) is 4.85. The Morgan fingerprint density at radius 1 is 0.957 bits per heavy atom. The van der Waals surface area contributed by atoms with E-state index >= 15 is 0 Å². The molecule has 0 spiro atoms. The van der Waals surface area contributed by atoms with Crippen LogP contribution in [0, 0.1) is 0 Å². The average molecular weight is 343 g/mol. The fraction of sp³-hybridized carbons (Fsp3) is 0.684. The smallest absolute Gasteiger partial charge is 0.289 e. The van der Waals surface area contributed by atoms with Gasteiger partial charge in [-0.3, -0.25) is 0 Å². The first kappa shape index (κ1) is 20.4. The van der Waals surface area contributed by atoms with Crippen molar-refractivity contribution >= 4 is 11.6 Å². The summed E-state index contributed by atoms with van der Waals surface area (Å²) in [4.78, 5) is 0. The second-order valence-corrected chi connectivity index (χ2v) is 6.32. The van der Waals surface area contributed by atoms with Crippen LogP contribution in [-0.2, 0) is 14.2 Å². The molecular formula is C19H31ClO3. The molecule has 0 N–H and O–H groups in total. The first-order chi connectivity index (χ1) is 11.1. The zero-order valence-electron chi connectivity index (χ0n) is 14.9. The Bertz CT molecular complexity index is 424. The number of halogens is 1. The molecule has 132 valence electrons. The Balaban J connectivity index is 2.81. The van der Waals surface area contributed by atoms with Crippen LogP contribution in [0.4, 0.5) is 0 Å². The lowest BCUT2D eigenvalue weighted by molar-refractivity contribution is -0.365. The summed E-state index contributed by atoms with van der Waals surface area (Å²) < 4.78 is 16.8. The summed E-state index contributed by atoms with van der Waals surface area (Å²) in [6, 6.07) is 7.85. The van der Waals surface area contributed by atoms with Crippen molar-refractivity contribution in [2.75, 3.05) is 21.3 Å². The zero-order valence-corrected chi connectivity index (χ0v) is 15.7. The van der Waals surface area contributed by atoms with Crippen LogP contribution in [0.15, 0.2) is 24.3 Å². The largest absolute Gasteiger partial charge is 0.330 e. The topological polar surface area (TPSA) is 27.7 Å². The van der Waals surface area contributed by atoms with Crippen LogP contribution in [0.3, 0.4) is 0 Å². The van der Waals surface area contributed by atoms with Crippen LogP contribution in [0.25, 0.3) is 0 Å². The highest BCUT2D eigenvalue weighted by Gasteiger charge is 2.40. The number of hydrogen-bond acceptors (Lipinski definition) is 3. The molecule has 1 aromatic rings. The number of rotatable bonds is 12. The second kappa shape index (κ2) is 11.0. The van der Waals surface area contributed by atoms with Gasteiger partial charge in [-0.05, 0) is 24.1 Å². The number of benzene rings is 1. The fourth-order valence-electron chi connectivity index (χ4n) is 3.08. The van der Waals surface area contributed by atoms with E-state index in [1.807, 2.05) is 18.2 Å². The molecule has 0 saturated heterocycles. The van der Waals surface area contributed by atoms with Gasteiger partial charge in [-0.15, -0.1) is 0 Å². The van der Waals surface area contributed by atoms with Crippen molar-refractivity contribution in [3.8, 4) is 0 Å². The van der Waals surface area contributed by atoms with E-state index in [0.29, 0.717) is 5.02 Å². The normalized spacial score (nSPS) is 13.3. The highest BCUT2D eigenvalue weighted by atomic mass is 35.5. The standard InChI is InChI=1S/C19H31ClO3/c1-5-6-7-8-9-10-14-18(19(21-2,22-3)23-4)16-12-11-13-17(20)15-16/h11-13,15,18H,5-10,14H2,1-4H3. The van der Waals surface area contributed by atoms with Gasteiger partial charge >= 0.3 is 0 Å². The molecule has 4 heteroatoms. The quantitative estimate of drug-likeness (QED) is 0.356. The molecule has 0 saturated carbocycles. The van der Waals surface area contributed by atoms with Gasteiger partial charge in [0.2, 0.25) is 0 Å². The lowest BCUT2D eigenvalue weighted by atomic mass is 9.90. The lowest BCUT2D eigenvalue weighted by Gasteiger charge is -2.36. The Labute approximate surface area is 146 Å². The molecule has 0 aliphatic carbocycles. The van der Waals surface area contributed by atoms with Gasteiger partial charge < -0.3 is 14.2 Å². The summed E-state index contributed by atoms with van der Waals surface area (Å²) in [5.41, 5.74) is 1.08. The zero-order chi connectivity index (χ0) is 17.1. The summed E-state index contributed by atoms with van der Waals surface area (Å²) in [6.07, 6.45) is 8.42. The molecule has 1 aromatic carbocycles. The summed E-state index contributed by atoms with van der Waals surface area (Å²) in [6.45, 7) is 2.24. The van der Waals surface area contributed by atoms with Crippen LogP contribution in [0.5, 0.6) is 0 Å². The minimum atomic E-state index is -1.08. The predicted octanol–water partition coefficient (Wildman–Crippen LogP) is 5.77. The first-order valence-electron chi connectivity index (χ1n) is 8.54. The molecule has 0 amide bonds. The molecule has 1 rings (SSSR count). The molecule has 3 nitrogen and oxygen atoms in total. The minimum absolute atomic E-state index is 0.0209. The van der Waals surface area contributed by atoms with Crippen molar-refractivity contribution in [3.05, 3.63) is 34.9 Å². The van der Waals surface area contributed by atoms with Crippen molar-refractivity contribution in [1.29, 1.82) is 0 Å². The highest BCUT2D eigenvalue weighted by molar-refractivity contribution is 6.30. The Morgan fingerprint density at radius 3 is 2.13 bits per heavy atom. The minimum Gasteiger partial charge on any atom is -0.330 e. The number of ether oxygens (including phenoxy) is 3. The van der Waals surface area contributed by atoms with Crippen LogP contribution >= 0.6 is 11.6 Å². The summed E-state index contributed by atoms with van der Waals surface area (Å²) in [5.74, 6) is -1.10. The molecule has 1 atom stereocenters. The molecule has 0 fully saturated rings. The molecule has 1 unspecified atom stereocenters. The van der Waals surface area contributed by atoms with Crippen molar-refractivity contribution in [3.63, 3.8) is 0 Å². The van der Waals surface area contributed by atoms with E-state index in [4.69, 9.17) is 25.8 Å². The van der Waals surface area contributed by atoms with Crippen LogP contribution in [-0.4, -0.2) is 27.3 Å². The van der Waals surface area contributed by atoms with Gasteiger partial charge in [-0.25, -0.2) is 0 Å². The molecule has 0 heterocycles. The van der Waals surface area contributed by atoms with Gasteiger partial charge in [0.15, 0.2) is 0 Å². The van der Waals surface area contributed by atoms with Gasteiger partial charge in [-0.1, -0.05) is 69.2 Å². The Morgan fingerprint density at radius 2 is 1.57 bits per heavy atom. The van der Waals surface area contributed by atoms with Crippen LogP contribution in [0.2, 0.25) is 5.02 Å². The van der Waals surface area contributed by atoms with E-state index in [-0.39, 0.29) is 5.92 Å². The van der Waals surface area contributed by atoms with Gasteiger partial charge in [-0.2, -0.15) is 0 Å². The molecule has 23 heavy (non-hydrogen) atoms. The monoisotopic (exact) mass is 342 g/mol. The third-order valence-electron chi connectivity index (χ3n) is 4.38. The Hall–Kier alpha value is -0.610. The predicted molar refractivity (Wildman–Crippen MR) is 95.9 cm³/mol. The van der Waals surface area contributed by atoms with Gasteiger partial charge in [0.1, 0.15) is 0 Å². The maximum absolute atomic E-state index is 6.16. The maximum atomic E-state index is 6.16. The fourth-order valence-corrected chi connectivity index (χ4v) is 3.28. The van der Waals surface area contributed by atoms with E-state index in [1.165, 1.54) is 32.1 Å². The average Bonchev–Trinajstić information content (AvgIpc) is 2.57. The molecule has 0 aromatic heterocycles.